The van der Waals surface area contributed by atoms with E-state index in [1.165, 1.54) is 69.5 Å². The van der Waals surface area contributed by atoms with Crippen LogP contribution in [0.25, 0.3) is 0 Å². The van der Waals surface area contributed by atoms with Gasteiger partial charge in [-0.2, -0.15) is 0 Å². The van der Waals surface area contributed by atoms with Gasteiger partial charge >= 0.3 is 0 Å². The molecule has 2 aliphatic heterocycles. The maximum absolute atomic E-state index is 4.71. The second-order valence-electron chi connectivity index (χ2n) is 5.96. The Kier molecular flexibility index (Phi) is 4.02. The lowest BCUT2D eigenvalue weighted by atomic mass is 9.95. The highest BCUT2D eigenvalue weighted by Gasteiger charge is 2.25. The summed E-state index contributed by atoms with van der Waals surface area (Å²) in [5.41, 5.74) is 1.45. The van der Waals surface area contributed by atoms with E-state index >= 15 is 0 Å². The van der Waals surface area contributed by atoms with Gasteiger partial charge in [0.25, 0.3) is 0 Å². The molecule has 3 rings (SSSR count). The van der Waals surface area contributed by atoms with Gasteiger partial charge in [0.05, 0.1) is 0 Å². The number of likely N-dealkylation sites (tertiary alicyclic amines) is 1. The van der Waals surface area contributed by atoms with Gasteiger partial charge in [-0.05, 0) is 51.8 Å². The van der Waals surface area contributed by atoms with Crippen molar-refractivity contribution in [3.05, 3.63) is 23.9 Å². The summed E-state index contributed by atoms with van der Waals surface area (Å²) >= 11 is 0. The molecular weight excluding hydrogens is 234 g/mol. The summed E-state index contributed by atoms with van der Waals surface area (Å²) in [6, 6.07) is 4.97. The molecule has 0 bridgehead atoms. The van der Waals surface area contributed by atoms with Crippen LogP contribution in [0.4, 0.5) is 5.82 Å². The molecule has 3 heteroatoms. The minimum absolute atomic E-state index is 0.569. The Bertz CT molecular complexity index is 412. The zero-order valence-electron chi connectivity index (χ0n) is 12.0. The average molecular weight is 259 g/mol. The lowest BCUT2D eigenvalue weighted by Crippen LogP contribution is -2.34. The highest BCUT2D eigenvalue weighted by Crippen LogP contribution is 2.35. The summed E-state index contributed by atoms with van der Waals surface area (Å²) in [7, 11) is 2.26. The van der Waals surface area contributed by atoms with Crippen molar-refractivity contribution in [1.29, 1.82) is 0 Å². The van der Waals surface area contributed by atoms with Crippen molar-refractivity contribution >= 4 is 5.82 Å². The van der Waals surface area contributed by atoms with E-state index in [-0.39, 0.29) is 0 Å². The minimum Gasteiger partial charge on any atom is -0.356 e. The third-order valence-corrected chi connectivity index (χ3v) is 4.60. The van der Waals surface area contributed by atoms with E-state index in [1.807, 2.05) is 6.20 Å². The Morgan fingerprint density at radius 1 is 1.05 bits per heavy atom. The van der Waals surface area contributed by atoms with Crippen LogP contribution in [0.2, 0.25) is 0 Å². The molecule has 0 aliphatic carbocycles. The molecule has 0 radical (unpaired) electrons. The Labute approximate surface area is 116 Å². The van der Waals surface area contributed by atoms with Crippen molar-refractivity contribution in [1.82, 2.24) is 9.88 Å². The van der Waals surface area contributed by atoms with Crippen molar-refractivity contribution in [3.8, 4) is 0 Å². The van der Waals surface area contributed by atoms with Crippen LogP contribution >= 0.6 is 0 Å². The smallest absolute Gasteiger partial charge is 0.133 e. The fourth-order valence-corrected chi connectivity index (χ4v) is 3.51. The summed E-state index contributed by atoms with van der Waals surface area (Å²) in [6.45, 7) is 3.58. The maximum Gasteiger partial charge on any atom is 0.133 e. The fraction of sp³-hybridized carbons (Fsp3) is 0.688. The molecule has 1 atom stereocenters. The summed E-state index contributed by atoms with van der Waals surface area (Å²) in [5.74, 6) is 1.25. The molecule has 0 N–H and O–H groups in total. The molecule has 2 fully saturated rings. The number of aromatic nitrogens is 1. The van der Waals surface area contributed by atoms with Crippen molar-refractivity contribution in [2.45, 2.75) is 44.6 Å². The van der Waals surface area contributed by atoms with Crippen LogP contribution in [-0.2, 0) is 0 Å². The standard InChI is InChI=1S/C16H25N3/c1-18-11-6-3-9-15(18)14-8-7-10-17-16(14)19-12-4-2-5-13-19/h7-8,10,15H,2-6,9,11-13H2,1H3. The van der Waals surface area contributed by atoms with Gasteiger partial charge < -0.3 is 4.90 Å². The van der Waals surface area contributed by atoms with Crippen molar-refractivity contribution in [2.75, 3.05) is 31.6 Å². The first-order valence-electron chi connectivity index (χ1n) is 7.76. The van der Waals surface area contributed by atoms with Crippen LogP contribution < -0.4 is 4.90 Å². The molecule has 19 heavy (non-hydrogen) atoms. The zero-order chi connectivity index (χ0) is 13.1. The Hall–Kier alpha value is -1.09. The molecule has 104 valence electrons. The van der Waals surface area contributed by atoms with Crippen LogP contribution in [0.15, 0.2) is 18.3 Å². The number of anilines is 1. The van der Waals surface area contributed by atoms with Crippen molar-refractivity contribution < 1.29 is 0 Å². The van der Waals surface area contributed by atoms with Crippen molar-refractivity contribution in [3.63, 3.8) is 0 Å². The number of hydrogen-bond donors (Lipinski definition) is 0. The number of piperidine rings is 2. The molecular formula is C16H25N3. The third-order valence-electron chi connectivity index (χ3n) is 4.60. The fourth-order valence-electron chi connectivity index (χ4n) is 3.51. The zero-order valence-corrected chi connectivity index (χ0v) is 12.0. The number of rotatable bonds is 2. The Balaban J connectivity index is 1.87. The van der Waals surface area contributed by atoms with E-state index in [2.05, 4.69) is 29.0 Å². The van der Waals surface area contributed by atoms with Gasteiger partial charge in [0.2, 0.25) is 0 Å². The summed E-state index contributed by atoms with van der Waals surface area (Å²) in [4.78, 5) is 9.72. The first kappa shape index (κ1) is 12.9. The topological polar surface area (TPSA) is 19.4 Å². The van der Waals surface area contributed by atoms with Gasteiger partial charge in [-0.25, -0.2) is 4.98 Å². The van der Waals surface area contributed by atoms with Crippen LogP contribution in [0.1, 0.15) is 50.1 Å². The van der Waals surface area contributed by atoms with Crippen LogP contribution in [-0.4, -0.2) is 36.6 Å². The monoisotopic (exact) mass is 259 g/mol. The van der Waals surface area contributed by atoms with E-state index < -0.39 is 0 Å². The highest BCUT2D eigenvalue weighted by atomic mass is 15.2. The first-order valence-corrected chi connectivity index (χ1v) is 7.76. The molecule has 3 heterocycles. The number of pyridine rings is 1. The predicted molar refractivity (Wildman–Crippen MR) is 79.5 cm³/mol. The third kappa shape index (κ3) is 2.76. The molecule has 2 saturated heterocycles. The van der Waals surface area contributed by atoms with E-state index in [9.17, 15) is 0 Å². The summed E-state index contributed by atoms with van der Waals surface area (Å²) < 4.78 is 0. The van der Waals surface area contributed by atoms with Gasteiger partial charge in [-0.15, -0.1) is 0 Å². The molecule has 0 spiro atoms. The van der Waals surface area contributed by atoms with E-state index in [0.29, 0.717) is 6.04 Å². The molecule has 0 amide bonds. The molecule has 1 aromatic heterocycles. The van der Waals surface area contributed by atoms with Crippen LogP contribution in [0, 0.1) is 0 Å². The minimum atomic E-state index is 0.569. The van der Waals surface area contributed by atoms with Gasteiger partial charge in [0, 0.05) is 30.9 Å². The largest absolute Gasteiger partial charge is 0.356 e. The quantitative estimate of drug-likeness (QED) is 0.813. The van der Waals surface area contributed by atoms with E-state index in [0.717, 1.165) is 0 Å². The van der Waals surface area contributed by atoms with Crippen LogP contribution in [0.3, 0.4) is 0 Å². The SMILES string of the molecule is CN1CCCCC1c1cccnc1N1CCCCC1. The molecule has 3 nitrogen and oxygen atoms in total. The molecule has 0 saturated carbocycles. The highest BCUT2D eigenvalue weighted by molar-refractivity contribution is 5.48. The second-order valence-corrected chi connectivity index (χ2v) is 5.96. The Morgan fingerprint density at radius 2 is 1.84 bits per heavy atom. The lowest BCUT2D eigenvalue weighted by molar-refractivity contribution is 0.187. The average Bonchev–Trinajstić information content (AvgIpc) is 2.49. The predicted octanol–water partition coefficient (Wildman–Crippen LogP) is 3.23. The Morgan fingerprint density at radius 3 is 2.63 bits per heavy atom. The van der Waals surface area contributed by atoms with Crippen LogP contribution in [0.5, 0.6) is 0 Å². The molecule has 0 aromatic carbocycles. The lowest BCUT2D eigenvalue weighted by Gasteiger charge is -2.36. The van der Waals surface area contributed by atoms with E-state index in [4.69, 9.17) is 4.98 Å². The van der Waals surface area contributed by atoms with Gasteiger partial charge in [0.15, 0.2) is 0 Å². The first-order chi connectivity index (χ1) is 9.36. The van der Waals surface area contributed by atoms with E-state index in [1.54, 1.807) is 0 Å². The number of nitrogens with zero attached hydrogens (tertiary/aromatic N) is 3. The number of hydrogen-bond acceptors (Lipinski definition) is 3. The van der Waals surface area contributed by atoms with Gasteiger partial charge in [-0.3, -0.25) is 4.90 Å². The van der Waals surface area contributed by atoms with Crippen molar-refractivity contribution in [2.24, 2.45) is 0 Å². The molecule has 1 unspecified atom stereocenters. The van der Waals surface area contributed by atoms with Gasteiger partial charge in [-0.1, -0.05) is 12.5 Å². The maximum atomic E-state index is 4.71. The molecule has 2 aliphatic rings. The van der Waals surface area contributed by atoms with Gasteiger partial charge in [0.1, 0.15) is 5.82 Å². The normalized spacial score (nSPS) is 25.5. The molecule has 1 aromatic rings. The summed E-state index contributed by atoms with van der Waals surface area (Å²) in [6.07, 6.45) is 9.93. The summed E-state index contributed by atoms with van der Waals surface area (Å²) in [5, 5.41) is 0. The second kappa shape index (κ2) is 5.91.